The Hall–Kier alpha value is -2.10. The van der Waals surface area contributed by atoms with Crippen LogP contribution in [0.3, 0.4) is 0 Å². The summed E-state index contributed by atoms with van der Waals surface area (Å²) in [6.45, 7) is 7.87. The highest BCUT2D eigenvalue weighted by molar-refractivity contribution is 5.87. The molecule has 0 heterocycles. The molecule has 1 aromatic rings. The molecule has 0 saturated heterocycles. The van der Waals surface area contributed by atoms with Gasteiger partial charge in [0.2, 0.25) is 0 Å². The Balaban J connectivity index is 2.65. The molecule has 126 valence electrons. The second-order valence-electron chi connectivity index (χ2n) is 5.87. The van der Waals surface area contributed by atoms with Gasteiger partial charge in [-0.2, -0.15) is 0 Å². The van der Waals surface area contributed by atoms with E-state index in [9.17, 15) is 9.59 Å². The molecule has 2 atom stereocenters. The van der Waals surface area contributed by atoms with Crippen molar-refractivity contribution in [3.05, 3.63) is 42.0 Å². The Morgan fingerprint density at radius 1 is 1.13 bits per heavy atom. The summed E-state index contributed by atoms with van der Waals surface area (Å²) in [7, 11) is 0. The minimum Gasteiger partial charge on any atom is -0.466 e. The van der Waals surface area contributed by atoms with Crippen molar-refractivity contribution in [2.75, 3.05) is 6.61 Å². The molecule has 2 unspecified atom stereocenters. The number of ether oxygens (including phenoxy) is 2. The summed E-state index contributed by atoms with van der Waals surface area (Å²) in [5, 5.41) is 0. The quantitative estimate of drug-likeness (QED) is 0.539. The lowest BCUT2D eigenvalue weighted by Gasteiger charge is -2.23. The van der Waals surface area contributed by atoms with Crippen molar-refractivity contribution in [3.63, 3.8) is 0 Å². The van der Waals surface area contributed by atoms with Crippen molar-refractivity contribution < 1.29 is 19.1 Å². The Labute approximate surface area is 138 Å². The Bertz CT molecular complexity index is 519. The fourth-order valence-corrected chi connectivity index (χ4v) is 2.27. The molecule has 0 amide bonds. The highest BCUT2D eigenvalue weighted by Gasteiger charge is 2.29. The molecule has 0 bridgehead atoms. The van der Waals surface area contributed by atoms with Crippen LogP contribution in [0.5, 0.6) is 0 Å². The lowest BCUT2D eigenvalue weighted by molar-refractivity contribution is -0.158. The monoisotopic (exact) mass is 318 g/mol. The summed E-state index contributed by atoms with van der Waals surface area (Å²) >= 11 is 0. The Kier molecular flexibility index (Phi) is 8.09. The van der Waals surface area contributed by atoms with E-state index in [2.05, 4.69) is 0 Å². The Morgan fingerprint density at radius 2 is 1.78 bits per heavy atom. The molecule has 0 saturated carbocycles. The first-order valence-electron chi connectivity index (χ1n) is 8.04. The molecule has 23 heavy (non-hydrogen) atoms. The van der Waals surface area contributed by atoms with E-state index in [-0.39, 0.29) is 5.97 Å². The number of carbonyl (C=O) groups excluding carboxylic acids is 2. The number of hydrogen-bond donors (Lipinski definition) is 0. The summed E-state index contributed by atoms with van der Waals surface area (Å²) < 4.78 is 10.5. The zero-order valence-electron chi connectivity index (χ0n) is 14.3. The van der Waals surface area contributed by atoms with Crippen LogP contribution in [-0.4, -0.2) is 24.6 Å². The highest BCUT2D eigenvalue weighted by atomic mass is 16.6. The predicted molar refractivity (Wildman–Crippen MR) is 90.6 cm³/mol. The molecule has 0 aromatic heterocycles. The molecule has 4 nitrogen and oxygen atoms in total. The van der Waals surface area contributed by atoms with E-state index in [1.165, 1.54) is 6.08 Å². The first kappa shape index (κ1) is 18.9. The summed E-state index contributed by atoms with van der Waals surface area (Å²) in [5.41, 5.74) is 0.918. The third kappa shape index (κ3) is 7.13. The van der Waals surface area contributed by atoms with Crippen LogP contribution < -0.4 is 0 Å². The minimum absolute atomic E-state index is 0.311. The molecule has 1 rings (SSSR count). The van der Waals surface area contributed by atoms with Gasteiger partial charge >= 0.3 is 11.9 Å². The number of hydrogen-bond acceptors (Lipinski definition) is 4. The third-order valence-corrected chi connectivity index (χ3v) is 3.39. The van der Waals surface area contributed by atoms with E-state index >= 15 is 0 Å². The second-order valence-corrected chi connectivity index (χ2v) is 5.87. The van der Waals surface area contributed by atoms with Gasteiger partial charge in [-0.3, -0.25) is 4.79 Å². The third-order valence-electron chi connectivity index (χ3n) is 3.39. The number of carbonyl (C=O) groups is 2. The van der Waals surface area contributed by atoms with Gasteiger partial charge < -0.3 is 9.47 Å². The van der Waals surface area contributed by atoms with Crippen LogP contribution in [0.2, 0.25) is 0 Å². The number of esters is 2. The van der Waals surface area contributed by atoms with Gasteiger partial charge in [-0.15, -0.1) is 0 Å². The van der Waals surface area contributed by atoms with Gasteiger partial charge in [-0.05, 0) is 37.8 Å². The largest absolute Gasteiger partial charge is 0.466 e. The minimum atomic E-state index is -0.524. The molecule has 0 aliphatic heterocycles. The molecular weight excluding hydrogens is 292 g/mol. The van der Waals surface area contributed by atoms with Crippen LogP contribution in [0.25, 0.3) is 6.08 Å². The standard InChI is InChI=1S/C19H26O4/c1-5-22-19(21)17(13-14(2)3)15(4)23-18(20)12-11-16-9-7-6-8-10-16/h6-12,14-15,17H,5,13H2,1-4H3. The fraction of sp³-hybridized carbons (Fsp3) is 0.474. The van der Waals surface area contributed by atoms with Crippen molar-refractivity contribution in [1.29, 1.82) is 0 Å². The van der Waals surface area contributed by atoms with Gasteiger partial charge in [0.05, 0.1) is 12.5 Å². The van der Waals surface area contributed by atoms with E-state index in [1.807, 2.05) is 44.2 Å². The molecule has 0 radical (unpaired) electrons. The van der Waals surface area contributed by atoms with Crippen molar-refractivity contribution in [3.8, 4) is 0 Å². The maximum Gasteiger partial charge on any atom is 0.331 e. The van der Waals surface area contributed by atoms with E-state index in [4.69, 9.17) is 9.47 Å². The first-order chi connectivity index (χ1) is 10.9. The predicted octanol–water partition coefficient (Wildman–Crippen LogP) is 3.86. The summed E-state index contributed by atoms with van der Waals surface area (Å²) in [6.07, 6.45) is 3.17. The molecule has 0 aliphatic carbocycles. The SMILES string of the molecule is CCOC(=O)C(CC(C)C)C(C)OC(=O)C=Cc1ccccc1. The highest BCUT2D eigenvalue weighted by Crippen LogP contribution is 2.20. The second kappa shape index (κ2) is 9.82. The van der Waals surface area contributed by atoms with E-state index < -0.39 is 18.0 Å². The molecule has 0 spiro atoms. The van der Waals surface area contributed by atoms with Crippen molar-refractivity contribution in [2.45, 2.75) is 40.2 Å². The maximum absolute atomic E-state index is 12.0. The summed E-state index contributed by atoms with van der Waals surface area (Å²) in [5.74, 6) is -0.901. The smallest absolute Gasteiger partial charge is 0.331 e. The Morgan fingerprint density at radius 3 is 2.35 bits per heavy atom. The van der Waals surface area contributed by atoms with Crippen molar-refractivity contribution >= 4 is 18.0 Å². The zero-order valence-corrected chi connectivity index (χ0v) is 14.3. The lowest BCUT2D eigenvalue weighted by atomic mass is 9.93. The van der Waals surface area contributed by atoms with Gasteiger partial charge in [0.15, 0.2) is 0 Å². The van der Waals surface area contributed by atoms with Crippen LogP contribution >= 0.6 is 0 Å². The van der Waals surface area contributed by atoms with Gasteiger partial charge in [0.1, 0.15) is 6.10 Å². The lowest BCUT2D eigenvalue weighted by Crippen LogP contribution is -2.32. The van der Waals surface area contributed by atoms with Crippen molar-refractivity contribution in [1.82, 2.24) is 0 Å². The summed E-state index contributed by atoms with van der Waals surface area (Å²) in [6, 6.07) is 9.49. The van der Waals surface area contributed by atoms with E-state index in [0.717, 1.165) is 5.56 Å². The number of benzene rings is 1. The van der Waals surface area contributed by atoms with Gasteiger partial charge in [-0.25, -0.2) is 4.79 Å². The van der Waals surface area contributed by atoms with Gasteiger partial charge in [0, 0.05) is 6.08 Å². The average Bonchev–Trinajstić information content (AvgIpc) is 2.51. The normalized spacial score (nSPS) is 13.8. The summed E-state index contributed by atoms with van der Waals surface area (Å²) in [4.78, 5) is 24.0. The molecule has 0 aliphatic rings. The average molecular weight is 318 g/mol. The molecule has 4 heteroatoms. The van der Waals surface area contributed by atoms with Crippen LogP contribution in [0.1, 0.15) is 39.7 Å². The van der Waals surface area contributed by atoms with Crippen LogP contribution in [0.4, 0.5) is 0 Å². The van der Waals surface area contributed by atoms with Crippen LogP contribution in [0, 0.1) is 11.8 Å². The maximum atomic E-state index is 12.0. The topological polar surface area (TPSA) is 52.6 Å². The molecule has 1 aromatic carbocycles. The molecule has 0 fully saturated rings. The van der Waals surface area contributed by atoms with Crippen LogP contribution in [-0.2, 0) is 19.1 Å². The fourth-order valence-electron chi connectivity index (χ4n) is 2.27. The van der Waals surface area contributed by atoms with Crippen molar-refractivity contribution in [2.24, 2.45) is 11.8 Å². The molecule has 0 N–H and O–H groups in total. The van der Waals surface area contributed by atoms with Gasteiger partial charge in [-0.1, -0.05) is 44.2 Å². The first-order valence-corrected chi connectivity index (χ1v) is 8.04. The number of rotatable bonds is 8. The van der Waals surface area contributed by atoms with Gasteiger partial charge in [0.25, 0.3) is 0 Å². The van der Waals surface area contributed by atoms with Crippen LogP contribution in [0.15, 0.2) is 36.4 Å². The molecular formula is C19H26O4. The zero-order chi connectivity index (χ0) is 17.2. The van der Waals surface area contributed by atoms with E-state index in [1.54, 1.807) is 19.9 Å². The van der Waals surface area contributed by atoms with E-state index in [0.29, 0.717) is 18.9 Å².